The van der Waals surface area contributed by atoms with Crippen LogP contribution in [0.1, 0.15) is 34.5 Å². The first-order valence-electron chi connectivity index (χ1n) is 7.08. The highest BCUT2D eigenvalue weighted by Crippen LogP contribution is 2.27. The van der Waals surface area contributed by atoms with Crippen LogP contribution in [0.15, 0.2) is 30.3 Å². The molecule has 5 N–H and O–H groups in total. The number of amides is 1. The molecule has 1 aliphatic rings. The van der Waals surface area contributed by atoms with Gasteiger partial charge in [0.15, 0.2) is 0 Å². The fourth-order valence-corrected chi connectivity index (χ4v) is 2.67. The molecule has 5 heteroatoms. The number of hydrogen-bond acceptors (Lipinski definition) is 4. The van der Waals surface area contributed by atoms with Crippen LogP contribution >= 0.6 is 0 Å². The molecule has 1 aliphatic carbocycles. The topological polar surface area (TPSA) is 94.0 Å². The highest BCUT2D eigenvalue weighted by molar-refractivity contribution is 5.98. The number of fused-ring (bicyclic) bond motifs is 1. The molecule has 0 unspecified atom stereocenters. The average Bonchev–Trinajstić information content (AvgIpc) is 2.46. The molecule has 108 valence electrons. The van der Waals surface area contributed by atoms with E-state index in [1.807, 2.05) is 18.2 Å². The summed E-state index contributed by atoms with van der Waals surface area (Å²) in [7, 11) is 0. The van der Waals surface area contributed by atoms with Gasteiger partial charge in [0, 0.05) is 17.1 Å². The highest BCUT2D eigenvalue weighted by atomic mass is 16.1. The van der Waals surface area contributed by atoms with Gasteiger partial charge in [0.05, 0.1) is 5.56 Å². The second-order valence-electron chi connectivity index (χ2n) is 5.31. The number of carbonyl (C=O) groups excluding carboxylic acids is 1. The maximum Gasteiger partial charge on any atom is 0.252 e. The van der Waals surface area contributed by atoms with Crippen molar-refractivity contribution in [2.75, 3.05) is 11.1 Å². The molecule has 3 rings (SSSR count). The van der Waals surface area contributed by atoms with E-state index in [0.29, 0.717) is 17.1 Å². The molecule has 0 aliphatic heterocycles. The maximum atomic E-state index is 11.7. The zero-order chi connectivity index (χ0) is 14.8. The summed E-state index contributed by atoms with van der Waals surface area (Å²) < 4.78 is 0. The predicted molar refractivity (Wildman–Crippen MR) is 83.5 cm³/mol. The molecule has 0 spiro atoms. The van der Waals surface area contributed by atoms with E-state index < -0.39 is 5.91 Å². The van der Waals surface area contributed by atoms with E-state index in [2.05, 4.69) is 10.3 Å². The van der Waals surface area contributed by atoms with Gasteiger partial charge in [0.25, 0.3) is 5.91 Å². The maximum absolute atomic E-state index is 11.7. The van der Waals surface area contributed by atoms with Crippen molar-refractivity contribution < 1.29 is 4.79 Å². The van der Waals surface area contributed by atoms with Crippen LogP contribution in [0.25, 0.3) is 0 Å². The van der Waals surface area contributed by atoms with Crippen molar-refractivity contribution in [3.05, 3.63) is 47.2 Å². The van der Waals surface area contributed by atoms with Crippen LogP contribution in [-0.2, 0) is 12.8 Å². The first-order valence-corrected chi connectivity index (χ1v) is 7.08. The Kier molecular flexibility index (Phi) is 3.48. The minimum Gasteiger partial charge on any atom is -0.399 e. The van der Waals surface area contributed by atoms with Crippen molar-refractivity contribution in [1.29, 1.82) is 0 Å². The molecule has 0 saturated carbocycles. The Balaban J connectivity index is 2.01. The number of nitrogen functional groups attached to an aromatic ring is 1. The third-order valence-electron chi connectivity index (χ3n) is 3.72. The van der Waals surface area contributed by atoms with Gasteiger partial charge in [-0.25, -0.2) is 4.98 Å². The van der Waals surface area contributed by atoms with Crippen LogP contribution in [0, 0.1) is 0 Å². The number of aryl methyl sites for hydroxylation is 2. The van der Waals surface area contributed by atoms with E-state index in [1.54, 1.807) is 12.1 Å². The van der Waals surface area contributed by atoms with E-state index in [1.165, 1.54) is 0 Å². The van der Waals surface area contributed by atoms with Crippen molar-refractivity contribution in [1.82, 2.24) is 4.98 Å². The molecular formula is C16H18N4O. The van der Waals surface area contributed by atoms with Crippen molar-refractivity contribution in [2.24, 2.45) is 5.73 Å². The van der Waals surface area contributed by atoms with E-state index in [0.717, 1.165) is 42.6 Å². The van der Waals surface area contributed by atoms with Crippen molar-refractivity contribution in [2.45, 2.75) is 25.7 Å². The number of anilines is 3. The largest absolute Gasteiger partial charge is 0.399 e. The minimum atomic E-state index is -0.470. The Labute approximate surface area is 123 Å². The molecule has 0 saturated heterocycles. The number of nitrogens with two attached hydrogens (primary N) is 2. The third kappa shape index (κ3) is 2.81. The molecule has 0 fully saturated rings. The standard InChI is InChI=1S/C16H18N4O/c17-11-5-3-6-12(9-11)19-16-13(15(18)21)8-10-4-1-2-7-14(10)20-16/h3,5-6,8-9H,1-2,4,7,17H2,(H2,18,21)(H,19,20). The first-order chi connectivity index (χ1) is 10.1. The molecule has 0 bridgehead atoms. The van der Waals surface area contributed by atoms with Crippen LogP contribution < -0.4 is 16.8 Å². The average molecular weight is 282 g/mol. The monoisotopic (exact) mass is 282 g/mol. The van der Waals surface area contributed by atoms with Crippen LogP contribution in [0.4, 0.5) is 17.2 Å². The van der Waals surface area contributed by atoms with Gasteiger partial charge in [-0.1, -0.05) is 6.07 Å². The summed E-state index contributed by atoms with van der Waals surface area (Å²) in [6.45, 7) is 0. The Bertz CT molecular complexity index is 697. The van der Waals surface area contributed by atoms with Gasteiger partial charge >= 0.3 is 0 Å². The zero-order valence-electron chi connectivity index (χ0n) is 11.7. The number of benzene rings is 1. The first kappa shape index (κ1) is 13.4. The van der Waals surface area contributed by atoms with Gasteiger partial charge in [0.1, 0.15) is 5.82 Å². The SMILES string of the molecule is NC(=O)c1cc2c(nc1Nc1cccc(N)c1)CCCC2. The minimum absolute atomic E-state index is 0.429. The number of rotatable bonds is 3. The van der Waals surface area contributed by atoms with Crippen molar-refractivity contribution in [3.63, 3.8) is 0 Å². The second-order valence-corrected chi connectivity index (χ2v) is 5.31. The lowest BCUT2D eigenvalue weighted by Gasteiger charge is -2.18. The summed E-state index contributed by atoms with van der Waals surface area (Å²) in [6.07, 6.45) is 4.17. The Morgan fingerprint density at radius 3 is 2.76 bits per heavy atom. The van der Waals surface area contributed by atoms with Crippen LogP contribution in [0.2, 0.25) is 0 Å². The number of primary amides is 1. The van der Waals surface area contributed by atoms with E-state index in [-0.39, 0.29) is 0 Å². The quantitative estimate of drug-likeness (QED) is 0.753. The number of aromatic nitrogens is 1. The molecule has 1 heterocycles. The molecule has 21 heavy (non-hydrogen) atoms. The van der Waals surface area contributed by atoms with Crippen molar-refractivity contribution >= 4 is 23.1 Å². The molecular weight excluding hydrogens is 264 g/mol. The summed E-state index contributed by atoms with van der Waals surface area (Å²) in [4.78, 5) is 16.3. The number of carbonyl (C=O) groups is 1. The van der Waals surface area contributed by atoms with E-state index in [4.69, 9.17) is 11.5 Å². The lowest BCUT2D eigenvalue weighted by atomic mass is 9.94. The number of pyridine rings is 1. The fraction of sp³-hybridized carbons (Fsp3) is 0.250. The lowest BCUT2D eigenvalue weighted by molar-refractivity contribution is 0.100. The molecule has 0 radical (unpaired) electrons. The number of nitrogens with zero attached hydrogens (tertiary/aromatic N) is 1. The van der Waals surface area contributed by atoms with Gasteiger partial charge in [-0.15, -0.1) is 0 Å². The Hall–Kier alpha value is -2.56. The normalized spacial score (nSPS) is 13.5. The Morgan fingerprint density at radius 2 is 2.00 bits per heavy atom. The van der Waals surface area contributed by atoms with Gasteiger partial charge in [-0.3, -0.25) is 4.79 Å². The number of hydrogen-bond donors (Lipinski definition) is 3. The van der Waals surface area contributed by atoms with Crippen LogP contribution in [0.3, 0.4) is 0 Å². The lowest BCUT2D eigenvalue weighted by Crippen LogP contribution is -2.17. The molecule has 1 aromatic carbocycles. The molecule has 5 nitrogen and oxygen atoms in total. The summed E-state index contributed by atoms with van der Waals surface area (Å²) >= 11 is 0. The molecule has 2 aromatic rings. The van der Waals surface area contributed by atoms with Gasteiger partial charge in [-0.2, -0.15) is 0 Å². The predicted octanol–water partition coefficient (Wildman–Crippen LogP) is 2.39. The van der Waals surface area contributed by atoms with Gasteiger partial charge in [-0.05, 0) is 55.5 Å². The van der Waals surface area contributed by atoms with E-state index in [9.17, 15) is 4.79 Å². The van der Waals surface area contributed by atoms with Crippen LogP contribution in [0.5, 0.6) is 0 Å². The smallest absolute Gasteiger partial charge is 0.252 e. The molecule has 0 atom stereocenters. The summed E-state index contributed by atoms with van der Waals surface area (Å²) in [5, 5.41) is 3.15. The Morgan fingerprint density at radius 1 is 1.19 bits per heavy atom. The molecule has 1 amide bonds. The third-order valence-corrected chi connectivity index (χ3v) is 3.72. The summed E-state index contributed by atoms with van der Waals surface area (Å²) in [5.74, 6) is 0.0380. The highest BCUT2D eigenvalue weighted by Gasteiger charge is 2.18. The summed E-state index contributed by atoms with van der Waals surface area (Å²) in [6, 6.07) is 9.20. The molecule has 1 aromatic heterocycles. The van der Waals surface area contributed by atoms with E-state index >= 15 is 0 Å². The van der Waals surface area contributed by atoms with Crippen LogP contribution in [-0.4, -0.2) is 10.9 Å². The van der Waals surface area contributed by atoms with Gasteiger partial charge < -0.3 is 16.8 Å². The second kappa shape index (κ2) is 5.44. The van der Waals surface area contributed by atoms with Gasteiger partial charge in [0.2, 0.25) is 0 Å². The van der Waals surface area contributed by atoms with Crippen molar-refractivity contribution in [3.8, 4) is 0 Å². The fourth-order valence-electron chi connectivity index (χ4n) is 2.67. The zero-order valence-corrected chi connectivity index (χ0v) is 11.7. The number of nitrogens with one attached hydrogen (secondary N) is 1. The summed E-state index contributed by atoms with van der Waals surface area (Å²) in [5.41, 5.74) is 15.3.